The Balaban J connectivity index is 1.52. The lowest BCUT2D eigenvalue weighted by atomic mass is 10.2. The summed E-state index contributed by atoms with van der Waals surface area (Å²) in [6.07, 6.45) is 1.31. The highest BCUT2D eigenvalue weighted by molar-refractivity contribution is 7.89. The van der Waals surface area contributed by atoms with Gasteiger partial charge in [0.15, 0.2) is 5.78 Å². The number of hydrogen-bond acceptors (Lipinski definition) is 7. The van der Waals surface area contributed by atoms with Crippen LogP contribution in [0.5, 0.6) is 0 Å². The van der Waals surface area contributed by atoms with Gasteiger partial charge in [0.05, 0.1) is 15.8 Å². The van der Waals surface area contributed by atoms with Gasteiger partial charge >= 0.3 is 5.69 Å². The third-order valence-corrected chi connectivity index (χ3v) is 7.88. The predicted molar refractivity (Wildman–Crippen MR) is 123 cm³/mol. The molecule has 1 aromatic carbocycles. The molecule has 3 heterocycles. The number of Topliss-reactive ketones (excluding diaryl/α,β-unsaturated/α-hetero) is 1. The molecule has 0 atom stereocenters. The maximum atomic E-state index is 13.0. The number of carbonyl (C=O) groups is 2. The van der Waals surface area contributed by atoms with Gasteiger partial charge in [0.25, 0.3) is 11.5 Å². The molecule has 0 saturated carbocycles. The minimum atomic E-state index is -3.77. The van der Waals surface area contributed by atoms with E-state index in [4.69, 9.17) is 0 Å². The number of piperazine rings is 1. The molecule has 11 nitrogen and oxygen atoms in total. The highest BCUT2D eigenvalue weighted by atomic mass is 32.2. The molecule has 2 aromatic heterocycles. The summed E-state index contributed by atoms with van der Waals surface area (Å²) in [5.74, 6) is -0.535. The number of aromatic nitrogens is 3. The molecule has 0 aliphatic carbocycles. The molecule has 0 unspecified atom stereocenters. The van der Waals surface area contributed by atoms with Gasteiger partial charge in [0.2, 0.25) is 10.0 Å². The molecule has 178 valence electrons. The number of aryl methyl sites for hydroxylation is 1. The Hall–Kier alpha value is -3.64. The summed E-state index contributed by atoms with van der Waals surface area (Å²) in [6.45, 7) is 1.92. The van der Waals surface area contributed by atoms with E-state index in [9.17, 15) is 27.6 Å². The van der Waals surface area contributed by atoms with Crippen LogP contribution in [-0.2, 0) is 24.1 Å². The number of amides is 1. The van der Waals surface area contributed by atoms with Crippen molar-refractivity contribution in [1.29, 1.82) is 0 Å². The smallest absolute Gasteiger partial charge is 0.332 e. The number of nitrogens with zero attached hydrogens (tertiary/aromatic N) is 5. The zero-order valence-corrected chi connectivity index (χ0v) is 19.7. The Labute approximate surface area is 194 Å². The molecule has 4 rings (SSSR count). The van der Waals surface area contributed by atoms with Gasteiger partial charge in [0, 0.05) is 52.0 Å². The Morgan fingerprint density at radius 1 is 0.912 bits per heavy atom. The van der Waals surface area contributed by atoms with E-state index in [0.717, 1.165) is 4.57 Å². The molecule has 1 amide bonds. The van der Waals surface area contributed by atoms with E-state index in [-0.39, 0.29) is 59.4 Å². The largest absolute Gasteiger partial charge is 0.336 e. The number of pyridine rings is 1. The van der Waals surface area contributed by atoms with Crippen molar-refractivity contribution in [1.82, 2.24) is 23.3 Å². The van der Waals surface area contributed by atoms with Crippen LogP contribution < -0.4 is 11.2 Å². The van der Waals surface area contributed by atoms with E-state index >= 15 is 0 Å². The number of benzene rings is 1. The van der Waals surface area contributed by atoms with Gasteiger partial charge < -0.3 is 4.90 Å². The lowest BCUT2D eigenvalue weighted by Gasteiger charge is -2.34. The zero-order valence-electron chi connectivity index (χ0n) is 18.9. The average molecular weight is 486 g/mol. The summed E-state index contributed by atoms with van der Waals surface area (Å²) in [4.78, 5) is 54.7. The summed E-state index contributed by atoms with van der Waals surface area (Å²) in [7, 11) is -0.926. The van der Waals surface area contributed by atoms with Crippen LogP contribution in [0.15, 0.2) is 51.0 Å². The zero-order chi connectivity index (χ0) is 24.8. The SMILES string of the molecule is CC(=O)c1ccc(S(=O)(=O)N2CCN(C(=O)c3cnc4c(c3)c(=O)n(C)c(=O)n4C)CC2)cc1. The summed E-state index contributed by atoms with van der Waals surface area (Å²) < 4.78 is 29.4. The molecule has 12 heteroatoms. The molecule has 1 aliphatic heterocycles. The fourth-order valence-corrected chi connectivity index (χ4v) is 5.33. The molecular weight excluding hydrogens is 462 g/mol. The molecule has 3 aromatic rings. The molecule has 34 heavy (non-hydrogen) atoms. The molecule has 0 bridgehead atoms. The van der Waals surface area contributed by atoms with Gasteiger partial charge in [-0.2, -0.15) is 4.31 Å². The Bertz CT molecular complexity index is 1530. The minimum absolute atomic E-state index is 0.0810. The van der Waals surface area contributed by atoms with E-state index in [2.05, 4.69) is 4.98 Å². The third-order valence-electron chi connectivity index (χ3n) is 5.96. The van der Waals surface area contributed by atoms with Crippen molar-refractivity contribution in [3.05, 3.63) is 68.5 Å². The van der Waals surface area contributed by atoms with Gasteiger partial charge in [0.1, 0.15) is 5.65 Å². The maximum absolute atomic E-state index is 13.0. The third kappa shape index (κ3) is 3.94. The molecule has 1 saturated heterocycles. The molecular formula is C22H23N5O6S. The van der Waals surface area contributed by atoms with Crippen LogP contribution in [0.4, 0.5) is 0 Å². The average Bonchev–Trinajstić information content (AvgIpc) is 2.85. The van der Waals surface area contributed by atoms with Crippen molar-refractivity contribution >= 4 is 32.7 Å². The summed E-state index contributed by atoms with van der Waals surface area (Å²) in [5.41, 5.74) is -0.284. The molecule has 0 N–H and O–H groups in total. The van der Waals surface area contributed by atoms with E-state index in [0.29, 0.717) is 5.56 Å². The number of ketones is 1. The van der Waals surface area contributed by atoms with Crippen molar-refractivity contribution in [3.63, 3.8) is 0 Å². The molecule has 1 aliphatic rings. The summed E-state index contributed by atoms with van der Waals surface area (Å²) >= 11 is 0. The van der Waals surface area contributed by atoms with Crippen molar-refractivity contribution < 1.29 is 18.0 Å². The summed E-state index contributed by atoms with van der Waals surface area (Å²) in [5, 5.41) is 0.144. The van der Waals surface area contributed by atoms with Gasteiger partial charge in [-0.15, -0.1) is 0 Å². The molecule has 0 spiro atoms. The van der Waals surface area contributed by atoms with Crippen LogP contribution in [0.1, 0.15) is 27.6 Å². The number of sulfonamides is 1. The second-order valence-electron chi connectivity index (χ2n) is 8.08. The number of hydrogen-bond donors (Lipinski definition) is 0. The Morgan fingerprint density at radius 2 is 1.53 bits per heavy atom. The van der Waals surface area contributed by atoms with E-state index < -0.39 is 21.3 Å². The highest BCUT2D eigenvalue weighted by Crippen LogP contribution is 2.20. The molecule has 1 fully saturated rings. The monoisotopic (exact) mass is 485 g/mol. The minimum Gasteiger partial charge on any atom is -0.336 e. The first-order chi connectivity index (χ1) is 16.0. The first kappa shape index (κ1) is 23.5. The van der Waals surface area contributed by atoms with E-state index in [1.807, 2.05) is 0 Å². The van der Waals surface area contributed by atoms with Crippen molar-refractivity contribution in [2.45, 2.75) is 11.8 Å². The number of rotatable bonds is 4. The first-order valence-electron chi connectivity index (χ1n) is 10.5. The van der Waals surface area contributed by atoms with Gasteiger partial charge in [-0.05, 0) is 25.1 Å². The van der Waals surface area contributed by atoms with Crippen LogP contribution in [0.25, 0.3) is 11.0 Å². The van der Waals surface area contributed by atoms with Crippen molar-refractivity contribution in [3.8, 4) is 0 Å². The standard InChI is InChI=1S/C22H23N5O6S/c1-14(28)15-4-6-17(7-5-15)34(32,33)27-10-8-26(9-11-27)20(29)16-12-18-19(23-13-16)24(2)22(31)25(3)21(18)30/h4-7,12-13H,8-11H2,1-3H3. The second-order valence-corrected chi connectivity index (χ2v) is 10.0. The van der Waals surface area contributed by atoms with Gasteiger partial charge in [-0.25, -0.2) is 18.2 Å². The fraction of sp³-hybridized carbons (Fsp3) is 0.318. The van der Waals surface area contributed by atoms with E-state index in [1.165, 1.54) is 71.3 Å². The fourth-order valence-electron chi connectivity index (χ4n) is 3.91. The van der Waals surface area contributed by atoms with Crippen LogP contribution in [-0.4, -0.2) is 69.6 Å². The first-order valence-corrected chi connectivity index (χ1v) is 11.9. The van der Waals surface area contributed by atoms with E-state index in [1.54, 1.807) is 0 Å². The van der Waals surface area contributed by atoms with Crippen molar-refractivity contribution in [2.24, 2.45) is 14.1 Å². The topological polar surface area (TPSA) is 132 Å². The van der Waals surface area contributed by atoms with Crippen LogP contribution in [0, 0.1) is 0 Å². The lowest BCUT2D eigenvalue weighted by Crippen LogP contribution is -2.50. The summed E-state index contributed by atoms with van der Waals surface area (Å²) in [6, 6.07) is 7.16. The van der Waals surface area contributed by atoms with Crippen molar-refractivity contribution in [2.75, 3.05) is 26.2 Å². The normalized spacial score (nSPS) is 15.0. The Morgan fingerprint density at radius 3 is 2.12 bits per heavy atom. The second kappa shape index (κ2) is 8.61. The van der Waals surface area contributed by atoms with Crippen LogP contribution in [0.2, 0.25) is 0 Å². The maximum Gasteiger partial charge on any atom is 0.332 e. The highest BCUT2D eigenvalue weighted by Gasteiger charge is 2.31. The molecule has 0 radical (unpaired) electrons. The number of carbonyl (C=O) groups excluding carboxylic acids is 2. The quantitative estimate of drug-likeness (QED) is 0.475. The van der Waals surface area contributed by atoms with Crippen LogP contribution >= 0.6 is 0 Å². The predicted octanol–water partition coefficient (Wildman–Crippen LogP) is -0.0185. The Kier molecular flexibility index (Phi) is 5.96. The van der Waals surface area contributed by atoms with Gasteiger partial charge in [-0.1, -0.05) is 12.1 Å². The van der Waals surface area contributed by atoms with Crippen LogP contribution in [0.3, 0.4) is 0 Å². The van der Waals surface area contributed by atoms with Gasteiger partial charge in [-0.3, -0.25) is 23.5 Å². The lowest BCUT2D eigenvalue weighted by molar-refractivity contribution is 0.0697. The number of fused-ring (bicyclic) bond motifs is 1.